The summed E-state index contributed by atoms with van der Waals surface area (Å²) in [5, 5.41) is 3.48. The van der Waals surface area contributed by atoms with Gasteiger partial charge in [-0.25, -0.2) is 0 Å². The molecule has 0 aromatic heterocycles. The van der Waals surface area contributed by atoms with Crippen molar-refractivity contribution in [3.63, 3.8) is 0 Å². The molecule has 0 heterocycles. The van der Waals surface area contributed by atoms with Crippen molar-refractivity contribution < 1.29 is 0 Å². The van der Waals surface area contributed by atoms with Crippen molar-refractivity contribution in [1.82, 2.24) is 10.2 Å². The molecule has 1 saturated carbocycles. The van der Waals surface area contributed by atoms with Crippen LogP contribution in [0.15, 0.2) is 0 Å². The predicted molar refractivity (Wildman–Crippen MR) is 71.8 cm³/mol. The lowest BCUT2D eigenvalue weighted by Crippen LogP contribution is -2.34. The first-order chi connectivity index (χ1) is 7.63. The van der Waals surface area contributed by atoms with Crippen LogP contribution in [0.2, 0.25) is 0 Å². The van der Waals surface area contributed by atoms with Crippen molar-refractivity contribution in [3.8, 4) is 0 Å². The van der Waals surface area contributed by atoms with Gasteiger partial charge in [-0.1, -0.05) is 6.92 Å². The Morgan fingerprint density at radius 3 is 2.44 bits per heavy atom. The lowest BCUT2D eigenvalue weighted by atomic mass is 10.1. The monoisotopic (exact) mass is 226 g/mol. The predicted octanol–water partition coefficient (Wildman–Crippen LogP) is 2.89. The fourth-order valence-corrected chi connectivity index (χ4v) is 2.24. The van der Waals surface area contributed by atoms with Gasteiger partial charge in [0.15, 0.2) is 0 Å². The maximum Gasteiger partial charge on any atom is 0.00390 e. The molecule has 0 radical (unpaired) electrons. The van der Waals surface area contributed by atoms with E-state index in [0.717, 1.165) is 18.5 Å². The number of nitrogens with zero attached hydrogens (tertiary/aromatic N) is 1. The SMILES string of the molecule is CCNC(C)CCCN(CC1CC1)C(C)C. The van der Waals surface area contributed by atoms with Gasteiger partial charge in [-0.3, -0.25) is 0 Å². The standard InChI is InChI=1S/C14H30N2/c1-5-15-13(4)7-6-10-16(12(2)3)11-14-8-9-14/h12-15H,5-11H2,1-4H3. The molecule has 1 unspecified atom stereocenters. The molecular formula is C14H30N2. The third kappa shape index (κ3) is 5.86. The summed E-state index contributed by atoms with van der Waals surface area (Å²) in [6.45, 7) is 12.9. The molecule has 0 bridgehead atoms. The molecule has 1 fully saturated rings. The Balaban J connectivity index is 2.11. The van der Waals surface area contributed by atoms with Gasteiger partial charge in [0.05, 0.1) is 0 Å². The van der Waals surface area contributed by atoms with Gasteiger partial charge in [-0.15, -0.1) is 0 Å². The van der Waals surface area contributed by atoms with E-state index in [1.807, 2.05) is 0 Å². The minimum Gasteiger partial charge on any atom is -0.315 e. The van der Waals surface area contributed by atoms with Crippen LogP contribution in [-0.2, 0) is 0 Å². The second kappa shape index (κ2) is 7.29. The van der Waals surface area contributed by atoms with Gasteiger partial charge in [0.25, 0.3) is 0 Å². The molecule has 0 amide bonds. The zero-order chi connectivity index (χ0) is 12.0. The summed E-state index contributed by atoms with van der Waals surface area (Å²) in [6, 6.07) is 1.40. The minimum atomic E-state index is 0.680. The summed E-state index contributed by atoms with van der Waals surface area (Å²) >= 11 is 0. The van der Waals surface area contributed by atoms with Crippen LogP contribution in [0.25, 0.3) is 0 Å². The van der Waals surface area contributed by atoms with Gasteiger partial charge >= 0.3 is 0 Å². The minimum absolute atomic E-state index is 0.680. The molecule has 2 heteroatoms. The van der Waals surface area contributed by atoms with E-state index in [1.165, 1.54) is 38.8 Å². The number of nitrogens with one attached hydrogen (secondary N) is 1. The highest BCUT2D eigenvalue weighted by atomic mass is 15.1. The van der Waals surface area contributed by atoms with Gasteiger partial charge in [-0.05, 0) is 65.5 Å². The van der Waals surface area contributed by atoms with Gasteiger partial charge in [-0.2, -0.15) is 0 Å². The highest BCUT2D eigenvalue weighted by molar-refractivity contribution is 4.78. The number of hydrogen-bond donors (Lipinski definition) is 1. The summed E-state index contributed by atoms with van der Waals surface area (Å²) < 4.78 is 0. The first kappa shape index (κ1) is 14.0. The van der Waals surface area contributed by atoms with Crippen molar-refractivity contribution in [3.05, 3.63) is 0 Å². The van der Waals surface area contributed by atoms with Crippen LogP contribution in [0.4, 0.5) is 0 Å². The molecule has 2 nitrogen and oxygen atoms in total. The van der Waals surface area contributed by atoms with Crippen LogP contribution in [0.3, 0.4) is 0 Å². The highest BCUT2D eigenvalue weighted by Gasteiger charge is 2.25. The quantitative estimate of drug-likeness (QED) is 0.650. The lowest BCUT2D eigenvalue weighted by Gasteiger charge is -2.27. The van der Waals surface area contributed by atoms with Crippen LogP contribution >= 0.6 is 0 Å². The molecule has 1 rings (SSSR count). The van der Waals surface area contributed by atoms with Gasteiger partial charge in [0, 0.05) is 18.6 Å². The van der Waals surface area contributed by atoms with Crippen LogP contribution in [0, 0.1) is 5.92 Å². The Morgan fingerprint density at radius 2 is 1.94 bits per heavy atom. The maximum absolute atomic E-state index is 3.48. The fraction of sp³-hybridized carbons (Fsp3) is 1.00. The van der Waals surface area contributed by atoms with Gasteiger partial charge in [0.1, 0.15) is 0 Å². The van der Waals surface area contributed by atoms with Crippen LogP contribution < -0.4 is 5.32 Å². The zero-order valence-corrected chi connectivity index (χ0v) is 11.6. The van der Waals surface area contributed by atoms with E-state index in [0.29, 0.717) is 6.04 Å². The summed E-state index contributed by atoms with van der Waals surface area (Å²) in [7, 11) is 0. The van der Waals surface area contributed by atoms with Crippen LogP contribution in [-0.4, -0.2) is 36.6 Å². The third-order valence-corrected chi connectivity index (χ3v) is 3.55. The Kier molecular flexibility index (Phi) is 6.37. The van der Waals surface area contributed by atoms with Crippen LogP contribution in [0.5, 0.6) is 0 Å². The molecule has 0 aromatic rings. The first-order valence-electron chi connectivity index (χ1n) is 7.11. The molecule has 0 spiro atoms. The summed E-state index contributed by atoms with van der Waals surface area (Å²) in [4.78, 5) is 2.66. The molecule has 16 heavy (non-hydrogen) atoms. The van der Waals surface area contributed by atoms with Crippen molar-refractivity contribution in [2.24, 2.45) is 5.92 Å². The van der Waals surface area contributed by atoms with E-state index in [-0.39, 0.29) is 0 Å². The lowest BCUT2D eigenvalue weighted by molar-refractivity contribution is 0.206. The van der Waals surface area contributed by atoms with Crippen molar-refractivity contribution in [1.29, 1.82) is 0 Å². The summed E-state index contributed by atoms with van der Waals surface area (Å²) in [6.07, 6.45) is 5.58. The van der Waals surface area contributed by atoms with Gasteiger partial charge in [0.2, 0.25) is 0 Å². The van der Waals surface area contributed by atoms with E-state index in [9.17, 15) is 0 Å². The van der Waals surface area contributed by atoms with Crippen LogP contribution in [0.1, 0.15) is 53.4 Å². The normalized spacial score (nSPS) is 18.4. The fourth-order valence-electron chi connectivity index (χ4n) is 2.24. The second-order valence-corrected chi connectivity index (χ2v) is 5.63. The molecular weight excluding hydrogens is 196 g/mol. The van der Waals surface area contributed by atoms with Gasteiger partial charge < -0.3 is 10.2 Å². The third-order valence-electron chi connectivity index (χ3n) is 3.55. The Bertz CT molecular complexity index is 176. The maximum atomic E-state index is 3.48. The molecule has 1 aliphatic carbocycles. The zero-order valence-electron chi connectivity index (χ0n) is 11.6. The molecule has 0 aromatic carbocycles. The number of hydrogen-bond acceptors (Lipinski definition) is 2. The summed E-state index contributed by atoms with van der Waals surface area (Å²) in [5.41, 5.74) is 0. The Hall–Kier alpha value is -0.0800. The van der Waals surface area contributed by atoms with Crippen molar-refractivity contribution in [2.75, 3.05) is 19.6 Å². The second-order valence-electron chi connectivity index (χ2n) is 5.63. The molecule has 1 aliphatic rings. The van der Waals surface area contributed by atoms with E-state index in [2.05, 4.69) is 37.9 Å². The van der Waals surface area contributed by atoms with E-state index in [4.69, 9.17) is 0 Å². The molecule has 1 atom stereocenters. The topological polar surface area (TPSA) is 15.3 Å². The van der Waals surface area contributed by atoms with E-state index in [1.54, 1.807) is 0 Å². The van der Waals surface area contributed by atoms with Crippen molar-refractivity contribution >= 4 is 0 Å². The van der Waals surface area contributed by atoms with E-state index < -0.39 is 0 Å². The molecule has 96 valence electrons. The first-order valence-corrected chi connectivity index (χ1v) is 7.11. The Morgan fingerprint density at radius 1 is 1.25 bits per heavy atom. The van der Waals surface area contributed by atoms with E-state index >= 15 is 0 Å². The summed E-state index contributed by atoms with van der Waals surface area (Å²) in [5.74, 6) is 1.02. The smallest absolute Gasteiger partial charge is 0.00390 e. The average Bonchev–Trinajstić information content (AvgIpc) is 3.00. The number of rotatable bonds is 9. The molecule has 0 aliphatic heterocycles. The largest absolute Gasteiger partial charge is 0.315 e. The Labute approximate surface area is 102 Å². The highest BCUT2D eigenvalue weighted by Crippen LogP contribution is 2.30. The molecule has 1 N–H and O–H groups in total. The average molecular weight is 226 g/mol. The molecule has 0 saturated heterocycles. The van der Waals surface area contributed by atoms with Crippen molar-refractivity contribution in [2.45, 2.75) is 65.5 Å².